The van der Waals surface area contributed by atoms with Crippen molar-refractivity contribution in [1.29, 1.82) is 0 Å². The number of nitrogens with one attached hydrogen (secondary N) is 1. The number of amides is 5. The Morgan fingerprint density at radius 2 is 1.72 bits per heavy atom. The van der Waals surface area contributed by atoms with Crippen LogP contribution in [-0.2, 0) is 9.59 Å². The maximum absolute atomic E-state index is 13.1. The highest BCUT2D eigenvalue weighted by Crippen LogP contribution is 2.43. The van der Waals surface area contributed by atoms with Crippen LogP contribution in [0.3, 0.4) is 0 Å². The fraction of sp³-hybridized carbons (Fsp3) is 0.560. The van der Waals surface area contributed by atoms with Crippen molar-refractivity contribution in [1.82, 2.24) is 20.0 Å². The summed E-state index contributed by atoms with van der Waals surface area (Å²) in [5.41, 5.74) is 1.76. The predicted octanol–water partition coefficient (Wildman–Crippen LogP) is 0.600. The summed E-state index contributed by atoms with van der Waals surface area (Å²) >= 11 is 0. The van der Waals surface area contributed by atoms with Crippen LogP contribution in [-0.4, -0.2) is 101 Å². The lowest BCUT2D eigenvalue weighted by molar-refractivity contribution is -0.136. The van der Waals surface area contributed by atoms with E-state index in [-0.39, 0.29) is 24.2 Å². The van der Waals surface area contributed by atoms with Crippen LogP contribution >= 0.6 is 0 Å². The Hall–Kier alpha value is -3.47. The molecule has 5 heterocycles. The van der Waals surface area contributed by atoms with E-state index in [1.807, 2.05) is 6.07 Å². The Balaban J connectivity index is 1.05. The molecule has 5 aliphatic rings. The monoisotopic (exact) mass is 495 g/mol. The van der Waals surface area contributed by atoms with Crippen molar-refractivity contribution in [3.63, 3.8) is 0 Å². The number of likely N-dealkylation sites (tertiary alicyclic amines) is 2. The van der Waals surface area contributed by atoms with Crippen LogP contribution < -0.4 is 10.2 Å². The number of nitrogens with zero attached hydrogens (tertiary/aromatic N) is 4. The minimum absolute atomic E-state index is 0.101. The first kappa shape index (κ1) is 23.0. The normalized spacial score (nSPS) is 26.1. The summed E-state index contributed by atoms with van der Waals surface area (Å²) < 4.78 is 0. The van der Waals surface area contributed by atoms with Crippen molar-refractivity contribution in [2.75, 3.05) is 50.7 Å². The van der Waals surface area contributed by atoms with Gasteiger partial charge in [0.1, 0.15) is 6.04 Å². The van der Waals surface area contributed by atoms with Crippen molar-refractivity contribution >= 4 is 35.4 Å². The van der Waals surface area contributed by atoms with Crippen LogP contribution in [0.1, 0.15) is 46.4 Å². The van der Waals surface area contributed by atoms with Gasteiger partial charge in [-0.2, -0.15) is 0 Å². The van der Waals surface area contributed by atoms with E-state index in [2.05, 4.69) is 15.1 Å². The second kappa shape index (κ2) is 8.29. The lowest BCUT2D eigenvalue weighted by atomic mass is 9.71. The van der Waals surface area contributed by atoms with Gasteiger partial charge in [0, 0.05) is 56.2 Å². The number of hydrogen-bond acceptors (Lipinski definition) is 7. The number of carbonyl (C=O) groups is 5. The van der Waals surface area contributed by atoms with Crippen LogP contribution in [0.4, 0.5) is 10.5 Å². The predicted molar refractivity (Wildman–Crippen MR) is 127 cm³/mol. The van der Waals surface area contributed by atoms with Crippen molar-refractivity contribution < 1.29 is 29.1 Å². The molecule has 4 saturated heterocycles. The van der Waals surface area contributed by atoms with E-state index in [0.29, 0.717) is 30.1 Å². The van der Waals surface area contributed by atoms with Crippen molar-refractivity contribution in [2.24, 2.45) is 11.3 Å². The molecule has 1 unspecified atom stereocenters. The van der Waals surface area contributed by atoms with Gasteiger partial charge in [-0.1, -0.05) is 0 Å². The first-order chi connectivity index (χ1) is 17.2. The second-order valence-corrected chi connectivity index (χ2v) is 10.9. The van der Waals surface area contributed by atoms with Crippen LogP contribution in [0, 0.1) is 11.3 Å². The van der Waals surface area contributed by atoms with Gasteiger partial charge in [0.05, 0.1) is 11.1 Å². The standard InChI is InChI=1S/C25H29N5O6/c31-20-4-3-19(21(32)26-20)30-22(33)17-2-1-16(9-18(17)23(30)34)29-13-25(14-29)5-7-27(8-6-25)10-15-11-28(12-15)24(35)36/h1-2,9,15,19H,3-8,10-14H2,(H,35,36)(H,26,31,32). The summed E-state index contributed by atoms with van der Waals surface area (Å²) in [6, 6.07) is 4.34. The number of carbonyl (C=O) groups excluding carboxylic acids is 4. The Kier molecular flexibility index (Phi) is 5.29. The Bertz CT molecular complexity index is 1160. The van der Waals surface area contributed by atoms with Gasteiger partial charge >= 0.3 is 6.09 Å². The largest absolute Gasteiger partial charge is 0.465 e. The zero-order chi connectivity index (χ0) is 25.2. The molecule has 5 amide bonds. The number of rotatable bonds is 4. The van der Waals surface area contributed by atoms with E-state index >= 15 is 0 Å². The quantitative estimate of drug-likeness (QED) is 0.581. The van der Waals surface area contributed by atoms with Gasteiger partial charge in [0.15, 0.2) is 0 Å². The van der Waals surface area contributed by atoms with Gasteiger partial charge in [-0.05, 0) is 50.6 Å². The van der Waals surface area contributed by atoms with Crippen molar-refractivity contribution in [3.8, 4) is 0 Å². The lowest BCUT2D eigenvalue weighted by Gasteiger charge is -2.55. The molecular weight excluding hydrogens is 466 g/mol. The summed E-state index contributed by atoms with van der Waals surface area (Å²) in [6.45, 7) is 6.03. The third kappa shape index (κ3) is 3.73. The molecule has 1 spiro atoms. The molecular formula is C25H29N5O6. The summed E-state index contributed by atoms with van der Waals surface area (Å²) in [4.78, 5) is 67.8. The molecule has 36 heavy (non-hydrogen) atoms. The van der Waals surface area contributed by atoms with Crippen LogP contribution in [0.15, 0.2) is 18.2 Å². The minimum atomic E-state index is -0.955. The summed E-state index contributed by atoms with van der Waals surface area (Å²) in [7, 11) is 0. The molecule has 0 aromatic heterocycles. The van der Waals surface area contributed by atoms with Crippen LogP contribution in [0.2, 0.25) is 0 Å². The molecule has 6 rings (SSSR count). The molecule has 190 valence electrons. The summed E-state index contributed by atoms with van der Waals surface area (Å²) in [5.74, 6) is -1.53. The highest BCUT2D eigenvalue weighted by molar-refractivity contribution is 6.23. The van der Waals surface area contributed by atoms with Crippen LogP contribution in [0.5, 0.6) is 0 Å². The third-order valence-electron chi connectivity index (χ3n) is 8.50. The maximum atomic E-state index is 13.1. The molecule has 1 aromatic carbocycles. The van der Waals surface area contributed by atoms with Gasteiger partial charge in [-0.25, -0.2) is 4.79 Å². The fourth-order valence-electron chi connectivity index (χ4n) is 6.33. The minimum Gasteiger partial charge on any atom is -0.465 e. The molecule has 1 aromatic rings. The van der Waals surface area contributed by atoms with Gasteiger partial charge in [-0.3, -0.25) is 29.4 Å². The molecule has 2 N–H and O–H groups in total. The van der Waals surface area contributed by atoms with Gasteiger partial charge < -0.3 is 19.8 Å². The zero-order valence-corrected chi connectivity index (χ0v) is 19.9. The number of piperidine rings is 2. The molecule has 11 heteroatoms. The van der Waals surface area contributed by atoms with Gasteiger partial charge in [0.2, 0.25) is 11.8 Å². The fourth-order valence-corrected chi connectivity index (χ4v) is 6.33. The number of fused-ring (bicyclic) bond motifs is 1. The smallest absolute Gasteiger partial charge is 0.407 e. The number of imide groups is 2. The van der Waals surface area contributed by atoms with Crippen molar-refractivity contribution in [3.05, 3.63) is 29.3 Å². The Morgan fingerprint density at radius 3 is 2.39 bits per heavy atom. The molecule has 4 fully saturated rings. The molecule has 1 atom stereocenters. The molecule has 0 saturated carbocycles. The van der Waals surface area contributed by atoms with E-state index in [9.17, 15) is 24.0 Å². The summed E-state index contributed by atoms with van der Waals surface area (Å²) in [6.07, 6.45) is 1.59. The molecule has 0 aliphatic carbocycles. The molecule has 0 radical (unpaired) electrons. The van der Waals surface area contributed by atoms with E-state index in [0.717, 1.165) is 56.2 Å². The first-order valence-corrected chi connectivity index (χ1v) is 12.5. The average Bonchev–Trinajstić information content (AvgIpc) is 3.04. The van der Waals surface area contributed by atoms with Gasteiger partial charge in [-0.15, -0.1) is 0 Å². The second-order valence-electron chi connectivity index (χ2n) is 10.9. The number of carboxylic acid groups (broad SMARTS) is 1. The first-order valence-electron chi connectivity index (χ1n) is 12.5. The third-order valence-corrected chi connectivity index (χ3v) is 8.50. The lowest BCUT2D eigenvalue weighted by Crippen LogP contribution is -2.61. The highest BCUT2D eigenvalue weighted by atomic mass is 16.4. The summed E-state index contributed by atoms with van der Waals surface area (Å²) in [5, 5.41) is 11.2. The average molecular weight is 496 g/mol. The SMILES string of the molecule is O=C1CCC(N2C(=O)c3ccc(N4CC5(CCN(CC6CN(C(=O)O)C6)CC5)C4)cc3C2=O)C(=O)N1. The number of benzene rings is 1. The van der Waals surface area contributed by atoms with E-state index in [1.54, 1.807) is 12.1 Å². The van der Waals surface area contributed by atoms with E-state index < -0.39 is 29.9 Å². The van der Waals surface area contributed by atoms with E-state index in [4.69, 9.17) is 5.11 Å². The van der Waals surface area contributed by atoms with Crippen molar-refractivity contribution in [2.45, 2.75) is 31.7 Å². The van der Waals surface area contributed by atoms with Gasteiger partial charge in [0.25, 0.3) is 11.8 Å². The van der Waals surface area contributed by atoms with E-state index in [1.165, 1.54) is 4.90 Å². The molecule has 0 bridgehead atoms. The topological polar surface area (TPSA) is 131 Å². The Labute approximate surface area is 208 Å². The molecule has 5 aliphatic heterocycles. The molecule has 11 nitrogen and oxygen atoms in total. The Morgan fingerprint density at radius 1 is 1.03 bits per heavy atom. The number of hydrogen-bond donors (Lipinski definition) is 2. The highest BCUT2D eigenvalue weighted by Gasteiger charge is 2.47. The zero-order valence-electron chi connectivity index (χ0n) is 19.9. The maximum Gasteiger partial charge on any atom is 0.407 e. The van der Waals surface area contributed by atoms with Crippen LogP contribution in [0.25, 0.3) is 0 Å². The number of anilines is 1.